The van der Waals surface area contributed by atoms with Crippen LogP contribution in [-0.2, 0) is 9.59 Å². The molecular weight excluding hydrogens is 230 g/mol. The van der Waals surface area contributed by atoms with Gasteiger partial charge < -0.3 is 10.4 Å². The van der Waals surface area contributed by atoms with E-state index in [0.29, 0.717) is 0 Å². The molecule has 1 rings (SSSR count). The number of rotatable bonds is 4. The Kier molecular flexibility index (Phi) is 4.77. The summed E-state index contributed by atoms with van der Waals surface area (Å²) < 4.78 is 0. The topological polar surface area (TPSA) is 66.4 Å². The molecule has 2 N–H and O–H groups in total. The predicted octanol–water partition coefficient (Wildman–Crippen LogP) is 1.80. The Balaban J connectivity index is 2.69. The number of hydrogen-bond donors (Lipinski definition) is 2. The Labute approximate surface area is 108 Å². The Hall–Kier alpha value is -1.50. The summed E-state index contributed by atoms with van der Waals surface area (Å²) in [6.07, 6.45) is 9.10. The molecule has 0 bridgehead atoms. The maximum Gasteiger partial charge on any atom is 0.327 e. The Morgan fingerprint density at radius 3 is 2.67 bits per heavy atom. The van der Waals surface area contributed by atoms with Gasteiger partial charge in [-0.25, -0.2) is 4.79 Å². The summed E-state index contributed by atoms with van der Waals surface area (Å²) in [7, 11) is 0. The van der Waals surface area contributed by atoms with Crippen molar-refractivity contribution < 1.29 is 14.7 Å². The average molecular weight is 251 g/mol. The van der Waals surface area contributed by atoms with Crippen LogP contribution in [0, 0.1) is 23.7 Å². The van der Waals surface area contributed by atoms with Gasteiger partial charge in [0.15, 0.2) is 0 Å². The first-order valence-electron chi connectivity index (χ1n) is 6.35. The molecule has 1 saturated carbocycles. The lowest BCUT2D eigenvalue weighted by Gasteiger charge is -2.37. The number of terminal acetylenes is 1. The second-order valence-corrected chi connectivity index (χ2v) is 5.59. The molecule has 0 aromatic heterocycles. The van der Waals surface area contributed by atoms with Gasteiger partial charge in [-0.05, 0) is 18.3 Å². The lowest BCUT2D eigenvalue weighted by Crippen LogP contribution is -2.47. The van der Waals surface area contributed by atoms with Crippen molar-refractivity contribution in [2.45, 2.75) is 52.0 Å². The van der Waals surface area contributed by atoms with Gasteiger partial charge in [0, 0.05) is 12.3 Å². The predicted molar refractivity (Wildman–Crippen MR) is 68.8 cm³/mol. The van der Waals surface area contributed by atoms with Crippen molar-refractivity contribution in [2.75, 3.05) is 0 Å². The summed E-state index contributed by atoms with van der Waals surface area (Å²) in [5, 5.41) is 11.5. The molecule has 4 heteroatoms. The monoisotopic (exact) mass is 251 g/mol. The van der Waals surface area contributed by atoms with Crippen LogP contribution in [0.15, 0.2) is 0 Å². The molecule has 0 saturated heterocycles. The largest absolute Gasteiger partial charge is 0.480 e. The van der Waals surface area contributed by atoms with E-state index in [2.05, 4.69) is 25.1 Å². The van der Waals surface area contributed by atoms with Crippen LogP contribution < -0.4 is 5.32 Å². The highest BCUT2D eigenvalue weighted by atomic mass is 16.4. The highest BCUT2D eigenvalue weighted by Gasteiger charge is 2.38. The number of carbonyl (C=O) groups excluding carboxylic acids is 1. The first-order valence-corrected chi connectivity index (χ1v) is 6.35. The van der Waals surface area contributed by atoms with Crippen LogP contribution in [0.3, 0.4) is 0 Å². The first-order chi connectivity index (χ1) is 8.38. The average Bonchev–Trinajstić information content (AvgIpc) is 2.27. The maximum atomic E-state index is 12.2. The van der Waals surface area contributed by atoms with Crippen molar-refractivity contribution in [1.82, 2.24) is 5.32 Å². The molecule has 0 heterocycles. The van der Waals surface area contributed by atoms with Gasteiger partial charge in [-0.2, -0.15) is 0 Å². The van der Waals surface area contributed by atoms with E-state index >= 15 is 0 Å². The zero-order valence-corrected chi connectivity index (χ0v) is 11.0. The molecule has 100 valence electrons. The van der Waals surface area contributed by atoms with Crippen molar-refractivity contribution in [2.24, 2.45) is 11.3 Å². The van der Waals surface area contributed by atoms with E-state index < -0.39 is 12.0 Å². The summed E-state index contributed by atoms with van der Waals surface area (Å²) >= 11 is 0. The molecule has 1 aliphatic rings. The number of carboxylic acid groups (broad SMARTS) is 1. The van der Waals surface area contributed by atoms with Crippen molar-refractivity contribution in [3.8, 4) is 12.3 Å². The normalized spacial score (nSPS) is 23.7. The zero-order valence-electron chi connectivity index (χ0n) is 11.0. The first kappa shape index (κ1) is 14.6. The van der Waals surface area contributed by atoms with E-state index in [9.17, 15) is 9.59 Å². The minimum Gasteiger partial charge on any atom is -0.480 e. The van der Waals surface area contributed by atoms with Gasteiger partial charge in [-0.3, -0.25) is 4.79 Å². The van der Waals surface area contributed by atoms with Crippen LogP contribution in [0.1, 0.15) is 46.0 Å². The lowest BCUT2D eigenvalue weighted by atomic mass is 9.68. The Bertz CT molecular complexity index is 368. The van der Waals surface area contributed by atoms with Crippen LogP contribution in [-0.4, -0.2) is 23.0 Å². The molecule has 2 atom stereocenters. The maximum absolute atomic E-state index is 12.2. The van der Waals surface area contributed by atoms with Crippen LogP contribution in [0.25, 0.3) is 0 Å². The highest BCUT2D eigenvalue weighted by Crippen LogP contribution is 2.40. The van der Waals surface area contributed by atoms with E-state index in [-0.39, 0.29) is 23.7 Å². The molecule has 1 aliphatic carbocycles. The molecule has 0 aromatic rings. The summed E-state index contributed by atoms with van der Waals surface area (Å²) in [6.45, 7) is 4.13. The minimum absolute atomic E-state index is 0.0220. The molecule has 1 amide bonds. The van der Waals surface area contributed by atoms with Gasteiger partial charge >= 0.3 is 5.97 Å². The second-order valence-electron chi connectivity index (χ2n) is 5.59. The third kappa shape index (κ3) is 3.49. The molecule has 2 unspecified atom stereocenters. The van der Waals surface area contributed by atoms with Gasteiger partial charge in [0.05, 0.1) is 0 Å². The van der Waals surface area contributed by atoms with Gasteiger partial charge in [-0.1, -0.05) is 26.7 Å². The zero-order chi connectivity index (χ0) is 13.8. The summed E-state index contributed by atoms with van der Waals surface area (Å²) in [4.78, 5) is 23.1. The van der Waals surface area contributed by atoms with Gasteiger partial charge in [0.2, 0.25) is 5.91 Å². The number of carbonyl (C=O) groups is 2. The summed E-state index contributed by atoms with van der Waals surface area (Å²) in [5.74, 6) is 0.911. The SMILES string of the molecule is C#CCC(NC(=O)C1CCCCC1(C)C)C(=O)O. The van der Waals surface area contributed by atoms with Crippen molar-refractivity contribution >= 4 is 11.9 Å². The third-order valence-electron chi connectivity index (χ3n) is 3.76. The number of amides is 1. The van der Waals surface area contributed by atoms with E-state index in [1.807, 2.05) is 0 Å². The number of nitrogens with one attached hydrogen (secondary N) is 1. The van der Waals surface area contributed by atoms with Crippen LogP contribution >= 0.6 is 0 Å². The summed E-state index contributed by atoms with van der Waals surface area (Å²) in [5.41, 5.74) is -0.0679. The van der Waals surface area contributed by atoms with Gasteiger partial charge in [-0.15, -0.1) is 12.3 Å². The van der Waals surface area contributed by atoms with Crippen LogP contribution in [0.2, 0.25) is 0 Å². The third-order valence-corrected chi connectivity index (χ3v) is 3.76. The quantitative estimate of drug-likeness (QED) is 0.749. The number of hydrogen-bond acceptors (Lipinski definition) is 2. The molecule has 0 aromatic carbocycles. The van der Waals surface area contributed by atoms with E-state index in [1.165, 1.54) is 0 Å². The van der Waals surface area contributed by atoms with E-state index in [4.69, 9.17) is 11.5 Å². The van der Waals surface area contributed by atoms with Crippen LogP contribution in [0.5, 0.6) is 0 Å². The molecule has 0 aliphatic heterocycles. The smallest absolute Gasteiger partial charge is 0.327 e. The summed E-state index contributed by atoms with van der Waals surface area (Å²) in [6, 6.07) is -0.972. The van der Waals surface area contributed by atoms with E-state index in [1.54, 1.807) is 0 Å². The fraction of sp³-hybridized carbons (Fsp3) is 0.714. The Morgan fingerprint density at radius 2 is 2.17 bits per heavy atom. The molecule has 4 nitrogen and oxygen atoms in total. The number of aliphatic carboxylic acids is 1. The van der Waals surface area contributed by atoms with E-state index in [0.717, 1.165) is 25.7 Å². The molecule has 18 heavy (non-hydrogen) atoms. The number of carboxylic acids is 1. The lowest BCUT2D eigenvalue weighted by molar-refractivity contribution is -0.143. The van der Waals surface area contributed by atoms with Crippen LogP contribution in [0.4, 0.5) is 0 Å². The molecule has 0 radical (unpaired) electrons. The second kappa shape index (κ2) is 5.90. The Morgan fingerprint density at radius 1 is 1.50 bits per heavy atom. The molecule has 1 fully saturated rings. The van der Waals surface area contributed by atoms with Gasteiger partial charge in [0.1, 0.15) is 6.04 Å². The van der Waals surface area contributed by atoms with Crippen molar-refractivity contribution in [3.63, 3.8) is 0 Å². The van der Waals surface area contributed by atoms with Gasteiger partial charge in [0.25, 0.3) is 0 Å². The van der Waals surface area contributed by atoms with Crippen molar-refractivity contribution in [3.05, 3.63) is 0 Å². The fourth-order valence-electron chi connectivity index (χ4n) is 2.57. The molecular formula is C14H21NO3. The van der Waals surface area contributed by atoms with Crippen molar-refractivity contribution in [1.29, 1.82) is 0 Å². The minimum atomic E-state index is -1.07. The standard InChI is InChI=1S/C14H21NO3/c1-4-7-11(13(17)18)15-12(16)10-8-5-6-9-14(10,2)3/h1,10-11H,5-9H2,2-3H3,(H,15,16)(H,17,18). The highest BCUT2D eigenvalue weighted by molar-refractivity contribution is 5.85. The fourth-order valence-corrected chi connectivity index (χ4v) is 2.57. The molecule has 0 spiro atoms.